The van der Waals surface area contributed by atoms with Crippen LogP contribution in [0.25, 0.3) is 0 Å². The molecular weight excluding hydrogens is 426 g/mol. The van der Waals surface area contributed by atoms with E-state index in [1.54, 1.807) is 4.68 Å². The molecule has 3 heterocycles. The van der Waals surface area contributed by atoms with Crippen molar-refractivity contribution in [2.75, 3.05) is 33.3 Å². The Bertz CT molecular complexity index is 1060. The molecule has 0 spiro atoms. The van der Waals surface area contributed by atoms with Crippen molar-refractivity contribution in [3.63, 3.8) is 0 Å². The summed E-state index contributed by atoms with van der Waals surface area (Å²) in [6.45, 7) is 5.90. The Balaban J connectivity index is 1.22. The van der Waals surface area contributed by atoms with Crippen LogP contribution < -0.4 is 4.74 Å². The van der Waals surface area contributed by atoms with Gasteiger partial charge < -0.3 is 14.5 Å². The first-order chi connectivity index (χ1) is 16.5. The first-order valence-electron chi connectivity index (χ1n) is 12.1. The summed E-state index contributed by atoms with van der Waals surface area (Å²) in [4.78, 5) is 21.6. The number of aryl methyl sites for hydroxylation is 2. The average Bonchev–Trinajstić information content (AvgIpc) is 3.20. The molecule has 1 amide bonds. The van der Waals surface area contributed by atoms with Gasteiger partial charge in [0.1, 0.15) is 11.4 Å². The van der Waals surface area contributed by atoms with Crippen LogP contribution in [-0.4, -0.2) is 63.8 Å². The van der Waals surface area contributed by atoms with Crippen molar-refractivity contribution in [3.05, 3.63) is 77.4 Å². The minimum absolute atomic E-state index is 0.0596. The van der Waals surface area contributed by atoms with Gasteiger partial charge in [0.05, 0.1) is 12.3 Å². The normalized spacial score (nSPS) is 16.1. The predicted molar refractivity (Wildman–Crippen MR) is 133 cm³/mol. The maximum absolute atomic E-state index is 12.9. The Labute approximate surface area is 202 Å². The number of hydrogen-bond donors (Lipinski definition) is 0. The van der Waals surface area contributed by atoms with Crippen LogP contribution in [0, 0.1) is 12.8 Å². The lowest BCUT2D eigenvalue weighted by molar-refractivity contribution is 0.0622. The highest BCUT2D eigenvalue weighted by Gasteiger charge is 2.26. The highest BCUT2D eigenvalue weighted by molar-refractivity contribution is 5.92. The van der Waals surface area contributed by atoms with Crippen molar-refractivity contribution < 1.29 is 9.53 Å². The molecule has 1 aromatic carbocycles. The van der Waals surface area contributed by atoms with Crippen LogP contribution in [0.4, 0.5) is 0 Å². The van der Waals surface area contributed by atoms with Gasteiger partial charge in [0.25, 0.3) is 5.91 Å². The van der Waals surface area contributed by atoms with E-state index in [1.165, 1.54) is 5.56 Å². The number of ether oxygens (including phenoxy) is 1. The van der Waals surface area contributed by atoms with Crippen molar-refractivity contribution in [2.24, 2.45) is 13.0 Å². The number of benzene rings is 1. The molecule has 1 fully saturated rings. The number of nitrogens with zero attached hydrogens (tertiary/aromatic N) is 5. The van der Waals surface area contributed by atoms with E-state index in [9.17, 15) is 4.79 Å². The molecule has 1 aliphatic heterocycles. The number of pyridine rings is 1. The van der Waals surface area contributed by atoms with E-state index >= 15 is 0 Å². The molecule has 7 nitrogen and oxygen atoms in total. The fraction of sp³-hybridized carbons (Fsp3) is 0.444. The lowest BCUT2D eigenvalue weighted by atomic mass is 9.98. The molecule has 1 atom stereocenters. The Morgan fingerprint density at radius 2 is 2.03 bits per heavy atom. The van der Waals surface area contributed by atoms with Crippen LogP contribution in [0.15, 0.2) is 54.7 Å². The van der Waals surface area contributed by atoms with E-state index in [4.69, 9.17) is 4.74 Å². The third-order valence-corrected chi connectivity index (χ3v) is 6.36. The Hall–Kier alpha value is -3.19. The summed E-state index contributed by atoms with van der Waals surface area (Å²) in [5.41, 5.74) is 3.90. The third-order valence-electron chi connectivity index (χ3n) is 6.36. The van der Waals surface area contributed by atoms with Gasteiger partial charge in [0.2, 0.25) is 0 Å². The molecule has 0 N–H and O–H groups in total. The second-order valence-corrected chi connectivity index (χ2v) is 9.32. The number of piperidine rings is 1. The Morgan fingerprint density at radius 1 is 1.21 bits per heavy atom. The topological polar surface area (TPSA) is 63.5 Å². The van der Waals surface area contributed by atoms with Crippen molar-refractivity contribution in [2.45, 2.75) is 32.7 Å². The van der Waals surface area contributed by atoms with Gasteiger partial charge in [-0.05, 0) is 62.7 Å². The van der Waals surface area contributed by atoms with Crippen molar-refractivity contribution in [1.29, 1.82) is 0 Å². The highest BCUT2D eigenvalue weighted by atomic mass is 16.5. The molecule has 0 bridgehead atoms. The summed E-state index contributed by atoms with van der Waals surface area (Å²) in [5, 5.41) is 4.31. The van der Waals surface area contributed by atoms with E-state index in [-0.39, 0.29) is 5.91 Å². The van der Waals surface area contributed by atoms with Crippen LogP contribution in [0.3, 0.4) is 0 Å². The number of rotatable bonds is 9. The third kappa shape index (κ3) is 6.44. The van der Waals surface area contributed by atoms with E-state index in [0.717, 1.165) is 62.6 Å². The molecule has 180 valence electrons. The number of amides is 1. The first kappa shape index (κ1) is 24.0. The smallest absolute Gasteiger partial charge is 0.272 e. The molecule has 0 radical (unpaired) electrons. The summed E-state index contributed by atoms with van der Waals surface area (Å²) in [6, 6.07) is 16.3. The predicted octanol–water partition coefficient (Wildman–Crippen LogP) is 3.73. The summed E-state index contributed by atoms with van der Waals surface area (Å²) < 4.78 is 7.77. The molecule has 0 aliphatic carbocycles. The molecular formula is C27H35N5O2. The molecule has 1 aliphatic rings. The van der Waals surface area contributed by atoms with E-state index in [2.05, 4.69) is 40.2 Å². The highest BCUT2D eigenvalue weighted by Crippen LogP contribution is 2.21. The molecule has 1 saturated heterocycles. The van der Waals surface area contributed by atoms with Gasteiger partial charge in [-0.3, -0.25) is 14.5 Å². The number of likely N-dealkylation sites (tertiary alicyclic amines) is 1. The van der Waals surface area contributed by atoms with Crippen molar-refractivity contribution >= 4 is 5.91 Å². The zero-order valence-corrected chi connectivity index (χ0v) is 20.5. The maximum Gasteiger partial charge on any atom is 0.272 e. The lowest BCUT2D eigenvalue weighted by Crippen LogP contribution is -2.42. The van der Waals surface area contributed by atoms with Crippen LogP contribution in [0.1, 0.15) is 40.3 Å². The Morgan fingerprint density at radius 3 is 2.74 bits per heavy atom. The summed E-state index contributed by atoms with van der Waals surface area (Å²) in [5.74, 6) is 1.28. The van der Waals surface area contributed by atoms with E-state index < -0.39 is 0 Å². The largest absolute Gasteiger partial charge is 0.493 e. The number of hydrogen-bond acceptors (Lipinski definition) is 5. The molecule has 0 unspecified atom stereocenters. The number of carbonyl (C=O) groups excluding carboxylic acids is 1. The quantitative estimate of drug-likeness (QED) is 0.486. The van der Waals surface area contributed by atoms with Gasteiger partial charge >= 0.3 is 0 Å². The van der Waals surface area contributed by atoms with Crippen LogP contribution in [-0.2, 0) is 20.0 Å². The van der Waals surface area contributed by atoms with Crippen molar-refractivity contribution in [1.82, 2.24) is 24.6 Å². The molecule has 3 aromatic rings. The SMILES string of the molecule is Cc1cc(C(=O)N2CCC[C@H](COc3ccc(CN(C)CCc4ccccn4)cc3)C2)n(C)n1. The van der Waals surface area contributed by atoms with Crippen molar-refractivity contribution in [3.8, 4) is 5.75 Å². The number of aromatic nitrogens is 3. The zero-order chi connectivity index (χ0) is 23.9. The fourth-order valence-electron chi connectivity index (χ4n) is 4.51. The summed E-state index contributed by atoms with van der Waals surface area (Å²) in [6.07, 6.45) is 4.87. The van der Waals surface area contributed by atoms with Crippen LogP contribution in [0.5, 0.6) is 5.75 Å². The van der Waals surface area contributed by atoms with Gasteiger partial charge in [-0.25, -0.2) is 0 Å². The minimum Gasteiger partial charge on any atom is -0.493 e. The van der Waals surface area contributed by atoms with E-state index in [0.29, 0.717) is 18.2 Å². The molecule has 7 heteroatoms. The van der Waals surface area contributed by atoms with Gasteiger partial charge in [0, 0.05) is 57.5 Å². The van der Waals surface area contributed by atoms with Gasteiger partial charge in [0.15, 0.2) is 0 Å². The van der Waals surface area contributed by atoms with Gasteiger partial charge in [-0.1, -0.05) is 18.2 Å². The molecule has 0 saturated carbocycles. The zero-order valence-electron chi connectivity index (χ0n) is 20.5. The standard InChI is InChI=1S/C27H35N5O2/c1-21-17-26(31(3)29-21)27(33)32-15-6-7-23(19-32)20-34-25-11-9-22(10-12-25)18-30(2)16-13-24-8-4-5-14-28-24/h4-5,8-12,14,17,23H,6-7,13,15-16,18-20H2,1-3H3/t23-/m0/s1. The average molecular weight is 462 g/mol. The van der Waals surface area contributed by atoms with Crippen LogP contribution >= 0.6 is 0 Å². The minimum atomic E-state index is 0.0596. The number of carbonyl (C=O) groups is 1. The molecule has 2 aromatic heterocycles. The summed E-state index contributed by atoms with van der Waals surface area (Å²) >= 11 is 0. The molecule has 4 rings (SSSR count). The maximum atomic E-state index is 12.9. The lowest BCUT2D eigenvalue weighted by Gasteiger charge is -2.32. The monoisotopic (exact) mass is 461 g/mol. The fourth-order valence-corrected chi connectivity index (χ4v) is 4.51. The van der Waals surface area contributed by atoms with Crippen LogP contribution in [0.2, 0.25) is 0 Å². The first-order valence-corrected chi connectivity index (χ1v) is 12.1. The molecule has 34 heavy (non-hydrogen) atoms. The number of likely N-dealkylation sites (N-methyl/N-ethyl adjacent to an activating group) is 1. The summed E-state index contributed by atoms with van der Waals surface area (Å²) in [7, 11) is 3.96. The Kier molecular flexibility index (Phi) is 7.95. The van der Waals surface area contributed by atoms with Gasteiger partial charge in [-0.2, -0.15) is 5.10 Å². The second kappa shape index (κ2) is 11.3. The van der Waals surface area contributed by atoms with Gasteiger partial charge in [-0.15, -0.1) is 0 Å². The van der Waals surface area contributed by atoms with E-state index in [1.807, 2.05) is 55.4 Å². The second-order valence-electron chi connectivity index (χ2n) is 9.32.